The Kier molecular flexibility index (Phi) is 4.47. The fourth-order valence-electron chi connectivity index (χ4n) is 1.75. The number of rotatable bonds is 5. The minimum Gasteiger partial charge on any atom is -0.388 e. The molecule has 0 unspecified atom stereocenters. The number of benzene rings is 1. The van der Waals surface area contributed by atoms with Crippen molar-refractivity contribution < 1.29 is 0 Å². The summed E-state index contributed by atoms with van der Waals surface area (Å²) >= 11 is 0. The first-order chi connectivity index (χ1) is 6.79. The molecular formula is C12H20N2. The highest BCUT2D eigenvalue weighted by Crippen LogP contribution is 2.20. The van der Waals surface area contributed by atoms with E-state index in [2.05, 4.69) is 35.8 Å². The monoisotopic (exact) mass is 192 g/mol. The van der Waals surface area contributed by atoms with Crippen molar-refractivity contribution in [1.82, 2.24) is 5.32 Å². The van der Waals surface area contributed by atoms with Gasteiger partial charge in [-0.15, -0.1) is 0 Å². The van der Waals surface area contributed by atoms with E-state index in [1.165, 1.54) is 23.2 Å². The molecule has 1 aromatic carbocycles. The molecule has 2 heteroatoms. The lowest BCUT2D eigenvalue weighted by Gasteiger charge is -2.11. The van der Waals surface area contributed by atoms with Gasteiger partial charge in [-0.1, -0.05) is 18.2 Å². The third kappa shape index (κ3) is 2.74. The molecular weight excluding hydrogens is 172 g/mol. The van der Waals surface area contributed by atoms with Crippen molar-refractivity contribution >= 4 is 5.69 Å². The summed E-state index contributed by atoms with van der Waals surface area (Å²) in [5.41, 5.74) is 4.04. The Hall–Kier alpha value is -1.02. The molecule has 2 nitrogen and oxygen atoms in total. The molecule has 0 aromatic heterocycles. The average molecular weight is 192 g/mol. The SMILES string of the molecule is CNCCCc1cccc(C)c1NC. The zero-order chi connectivity index (χ0) is 10.4. The van der Waals surface area contributed by atoms with Crippen LogP contribution in [0.15, 0.2) is 18.2 Å². The maximum atomic E-state index is 3.27. The molecule has 0 heterocycles. The van der Waals surface area contributed by atoms with E-state index in [0.717, 1.165) is 13.0 Å². The van der Waals surface area contributed by atoms with Crippen LogP contribution in [0.4, 0.5) is 5.69 Å². The Balaban J connectivity index is 2.70. The lowest BCUT2D eigenvalue weighted by molar-refractivity contribution is 0.725. The van der Waals surface area contributed by atoms with E-state index in [0.29, 0.717) is 0 Å². The maximum absolute atomic E-state index is 3.27. The zero-order valence-electron chi connectivity index (χ0n) is 9.35. The first kappa shape index (κ1) is 11.1. The van der Waals surface area contributed by atoms with Crippen molar-refractivity contribution in [3.05, 3.63) is 29.3 Å². The van der Waals surface area contributed by atoms with E-state index in [4.69, 9.17) is 0 Å². The largest absolute Gasteiger partial charge is 0.388 e. The third-order valence-corrected chi connectivity index (χ3v) is 2.48. The second-order valence-electron chi connectivity index (χ2n) is 3.57. The van der Waals surface area contributed by atoms with Crippen molar-refractivity contribution in [3.63, 3.8) is 0 Å². The van der Waals surface area contributed by atoms with Gasteiger partial charge >= 0.3 is 0 Å². The summed E-state index contributed by atoms with van der Waals surface area (Å²) in [6.45, 7) is 3.23. The average Bonchev–Trinajstić information content (AvgIpc) is 2.18. The Labute approximate surface area is 86.7 Å². The Bertz CT molecular complexity index is 282. The van der Waals surface area contributed by atoms with Gasteiger partial charge in [-0.2, -0.15) is 0 Å². The lowest BCUT2D eigenvalue weighted by atomic mass is 10.0. The van der Waals surface area contributed by atoms with Crippen molar-refractivity contribution in [2.24, 2.45) is 0 Å². The summed E-state index contributed by atoms with van der Waals surface area (Å²) in [5, 5.41) is 6.44. The standard InChI is InChI=1S/C12H20N2/c1-10-6-4-7-11(12(10)14-3)8-5-9-13-2/h4,6-7,13-14H,5,8-9H2,1-3H3. The summed E-state index contributed by atoms with van der Waals surface area (Å²) in [6.07, 6.45) is 2.33. The van der Waals surface area contributed by atoms with Crippen LogP contribution in [-0.2, 0) is 6.42 Å². The van der Waals surface area contributed by atoms with Crippen LogP contribution < -0.4 is 10.6 Å². The molecule has 0 atom stereocenters. The molecule has 78 valence electrons. The predicted molar refractivity (Wildman–Crippen MR) is 63.0 cm³/mol. The van der Waals surface area contributed by atoms with Crippen LogP contribution in [0.25, 0.3) is 0 Å². The Morgan fingerprint density at radius 1 is 1.21 bits per heavy atom. The lowest BCUT2D eigenvalue weighted by Crippen LogP contribution is -2.09. The highest BCUT2D eigenvalue weighted by Gasteiger charge is 2.02. The van der Waals surface area contributed by atoms with Crippen molar-refractivity contribution in [2.45, 2.75) is 19.8 Å². The van der Waals surface area contributed by atoms with Gasteiger partial charge in [-0.05, 0) is 44.5 Å². The van der Waals surface area contributed by atoms with Gasteiger partial charge in [0.15, 0.2) is 0 Å². The molecule has 0 amide bonds. The van der Waals surface area contributed by atoms with Gasteiger partial charge in [-0.3, -0.25) is 0 Å². The summed E-state index contributed by atoms with van der Waals surface area (Å²) in [5.74, 6) is 0. The fourth-order valence-corrected chi connectivity index (χ4v) is 1.75. The van der Waals surface area contributed by atoms with Crippen molar-refractivity contribution in [2.75, 3.05) is 26.0 Å². The number of anilines is 1. The number of hydrogen-bond acceptors (Lipinski definition) is 2. The number of para-hydroxylation sites is 1. The summed E-state index contributed by atoms with van der Waals surface area (Å²) < 4.78 is 0. The second kappa shape index (κ2) is 5.66. The van der Waals surface area contributed by atoms with E-state index in [9.17, 15) is 0 Å². The fraction of sp³-hybridized carbons (Fsp3) is 0.500. The van der Waals surface area contributed by atoms with Crippen LogP contribution in [0.5, 0.6) is 0 Å². The maximum Gasteiger partial charge on any atom is 0.0399 e. The van der Waals surface area contributed by atoms with Crippen LogP contribution in [0.2, 0.25) is 0 Å². The topological polar surface area (TPSA) is 24.1 Å². The third-order valence-electron chi connectivity index (χ3n) is 2.48. The number of aryl methyl sites for hydroxylation is 2. The Morgan fingerprint density at radius 3 is 2.64 bits per heavy atom. The van der Waals surface area contributed by atoms with Gasteiger partial charge in [0.2, 0.25) is 0 Å². The van der Waals surface area contributed by atoms with E-state index < -0.39 is 0 Å². The van der Waals surface area contributed by atoms with Gasteiger partial charge in [0.05, 0.1) is 0 Å². The van der Waals surface area contributed by atoms with Crippen LogP contribution >= 0.6 is 0 Å². The quantitative estimate of drug-likeness (QED) is 0.699. The number of nitrogens with one attached hydrogen (secondary N) is 2. The minimum absolute atomic E-state index is 1.08. The van der Waals surface area contributed by atoms with E-state index >= 15 is 0 Å². The van der Waals surface area contributed by atoms with Gasteiger partial charge in [0.1, 0.15) is 0 Å². The van der Waals surface area contributed by atoms with Crippen molar-refractivity contribution in [1.29, 1.82) is 0 Å². The number of hydrogen-bond donors (Lipinski definition) is 2. The highest BCUT2D eigenvalue weighted by molar-refractivity contribution is 5.56. The van der Waals surface area contributed by atoms with E-state index in [-0.39, 0.29) is 0 Å². The molecule has 0 aliphatic heterocycles. The molecule has 0 spiro atoms. The molecule has 0 aliphatic rings. The zero-order valence-corrected chi connectivity index (χ0v) is 9.35. The molecule has 0 fully saturated rings. The Morgan fingerprint density at radius 2 is 2.00 bits per heavy atom. The molecule has 0 radical (unpaired) electrons. The summed E-state index contributed by atoms with van der Waals surface area (Å²) in [4.78, 5) is 0. The highest BCUT2D eigenvalue weighted by atomic mass is 14.8. The van der Waals surface area contributed by atoms with Gasteiger partial charge in [0.25, 0.3) is 0 Å². The molecule has 1 aromatic rings. The molecule has 14 heavy (non-hydrogen) atoms. The predicted octanol–water partition coefficient (Wildman–Crippen LogP) is 2.19. The van der Waals surface area contributed by atoms with Crippen LogP contribution in [0, 0.1) is 6.92 Å². The first-order valence-corrected chi connectivity index (χ1v) is 5.20. The van der Waals surface area contributed by atoms with Crippen LogP contribution in [0.1, 0.15) is 17.5 Å². The van der Waals surface area contributed by atoms with Crippen LogP contribution in [-0.4, -0.2) is 20.6 Å². The molecule has 1 rings (SSSR count). The van der Waals surface area contributed by atoms with Gasteiger partial charge in [0, 0.05) is 12.7 Å². The first-order valence-electron chi connectivity index (χ1n) is 5.20. The van der Waals surface area contributed by atoms with E-state index in [1.54, 1.807) is 0 Å². The smallest absolute Gasteiger partial charge is 0.0399 e. The molecule has 0 saturated carbocycles. The second-order valence-corrected chi connectivity index (χ2v) is 3.57. The molecule has 2 N–H and O–H groups in total. The summed E-state index contributed by atoms with van der Waals surface area (Å²) in [6, 6.07) is 6.48. The van der Waals surface area contributed by atoms with Gasteiger partial charge in [-0.25, -0.2) is 0 Å². The molecule has 0 aliphatic carbocycles. The van der Waals surface area contributed by atoms with Crippen molar-refractivity contribution in [3.8, 4) is 0 Å². The molecule has 0 saturated heterocycles. The normalized spacial score (nSPS) is 10.2. The summed E-state index contributed by atoms with van der Waals surface area (Å²) in [7, 11) is 3.99. The van der Waals surface area contributed by atoms with Crippen LogP contribution in [0.3, 0.4) is 0 Å². The minimum atomic E-state index is 1.08. The van der Waals surface area contributed by atoms with E-state index in [1.807, 2.05) is 14.1 Å². The van der Waals surface area contributed by atoms with Gasteiger partial charge < -0.3 is 10.6 Å². The molecule has 0 bridgehead atoms.